The minimum Gasteiger partial charge on any atom is -0.207 e. The maximum atomic E-state index is 12.3. The van der Waals surface area contributed by atoms with Crippen LogP contribution >= 0.6 is 0 Å². The maximum absolute atomic E-state index is 12.3. The van der Waals surface area contributed by atoms with E-state index in [2.05, 4.69) is 0 Å². The third-order valence-corrected chi connectivity index (χ3v) is 4.60. The van der Waals surface area contributed by atoms with Gasteiger partial charge in [-0.05, 0) is 30.7 Å². The Balaban J connectivity index is 3.30. The molecule has 18 heavy (non-hydrogen) atoms. The van der Waals surface area contributed by atoms with Gasteiger partial charge in [0.2, 0.25) is 10.0 Å². The van der Waals surface area contributed by atoms with Gasteiger partial charge in [0.15, 0.2) is 0 Å². The van der Waals surface area contributed by atoms with Crippen molar-refractivity contribution in [1.82, 2.24) is 4.31 Å². The molecule has 0 aliphatic heterocycles. The van der Waals surface area contributed by atoms with Gasteiger partial charge < -0.3 is 0 Å². The van der Waals surface area contributed by atoms with Crippen LogP contribution in [0.3, 0.4) is 0 Å². The lowest BCUT2D eigenvalue weighted by Crippen LogP contribution is -2.31. The van der Waals surface area contributed by atoms with E-state index in [1.807, 2.05) is 12.1 Å². The van der Waals surface area contributed by atoms with Gasteiger partial charge in [0.25, 0.3) is 0 Å². The molecule has 0 fully saturated rings. The third-order valence-electron chi connectivity index (χ3n) is 2.52. The highest BCUT2D eigenvalue weighted by Crippen LogP contribution is 2.20. The lowest BCUT2D eigenvalue weighted by Gasteiger charge is -2.18. The molecule has 0 saturated carbocycles. The molecule has 0 N–H and O–H groups in total. The number of aryl methyl sites for hydroxylation is 1. The second kappa shape index (κ2) is 5.63. The number of hydrogen-bond acceptors (Lipinski definition) is 4. The average Bonchev–Trinajstić information content (AvgIpc) is 2.35. The Morgan fingerprint density at radius 2 is 2.00 bits per heavy atom. The maximum Gasteiger partial charge on any atom is 0.244 e. The van der Waals surface area contributed by atoms with E-state index in [1.54, 1.807) is 13.8 Å². The summed E-state index contributed by atoms with van der Waals surface area (Å²) in [6, 6.07) is 8.17. The van der Waals surface area contributed by atoms with E-state index in [-0.39, 0.29) is 18.0 Å². The quantitative estimate of drug-likeness (QED) is 0.768. The molecule has 0 bridgehead atoms. The highest BCUT2D eigenvalue weighted by atomic mass is 32.2. The van der Waals surface area contributed by atoms with Crippen molar-refractivity contribution in [1.29, 1.82) is 10.5 Å². The standard InChI is InChI=1S/C12H13N3O2S/c1-3-15(7-6-13)18(16,17)12-5-4-11(9-14)8-10(12)2/h4-5,8H,3,7H2,1-2H3. The van der Waals surface area contributed by atoms with Gasteiger partial charge in [-0.2, -0.15) is 14.8 Å². The fourth-order valence-corrected chi connectivity index (χ4v) is 3.14. The van der Waals surface area contributed by atoms with Crippen molar-refractivity contribution in [3.05, 3.63) is 29.3 Å². The molecular weight excluding hydrogens is 250 g/mol. The molecule has 0 saturated heterocycles. The van der Waals surface area contributed by atoms with E-state index in [0.717, 1.165) is 4.31 Å². The molecule has 0 radical (unpaired) electrons. The van der Waals surface area contributed by atoms with Crippen molar-refractivity contribution in [2.45, 2.75) is 18.7 Å². The average molecular weight is 263 g/mol. The van der Waals surface area contributed by atoms with Crippen LogP contribution in [0.25, 0.3) is 0 Å². The number of sulfonamides is 1. The first kappa shape index (κ1) is 14.2. The molecule has 0 aliphatic rings. The van der Waals surface area contributed by atoms with Crippen LogP contribution in [0.15, 0.2) is 23.1 Å². The Hall–Kier alpha value is -1.89. The Morgan fingerprint density at radius 3 is 2.44 bits per heavy atom. The zero-order chi connectivity index (χ0) is 13.8. The Morgan fingerprint density at radius 1 is 1.33 bits per heavy atom. The van der Waals surface area contributed by atoms with Crippen LogP contribution in [-0.4, -0.2) is 25.8 Å². The zero-order valence-corrected chi connectivity index (χ0v) is 11.0. The minimum atomic E-state index is -3.67. The number of hydrogen-bond donors (Lipinski definition) is 0. The fraction of sp³-hybridized carbons (Fsp3) is 0.333. The highest BCUT2D eigenvalue weighted by Gasteiger charge is 2.24. The predicted octanol–water partition coefficient (Wildman–Crippen LogP) is 1.40. The van der Waals surface area contributed by atoms with Gasteiger partial charge in [-0.15, -0.1) is 0 Å². The molecule has 6 heteroatoms. The van der Waals surface area contributed by atoms with E-state index in [4.69, 9.17) is 10.5 Å². The SMILES string of the molecule is CCN(CC#N)S(=O)(=O)c1ccc(C#N)cc1C. The summed E-state index contributed by atoms with van der Waals surface area (Å²) in [5.41, 5.74) is 0.917. The van der Waals surface area contributed by atoms with E-state index >= 15 is 0 Å². The van der Waals surface area contributed by atoms with Gasteiger partial charge in [0.05, 0.1) is 22.6 Å². The van der Waals surface area contributed by atoms with Gasteiger partial charge >= 0.3 is 0 Å². The van der Waals surface area contributed by atoms with E-state index < -0.39 is 10.0 Å². The van der Waals surface area contributed by atoms with Crippen LogP contribution in [0.4, 0.5) is 0 Å². The van der Waals surface area contributed by atoms with Crippen molar-refractivity contribution in [2.75, 3.05) is 13.1 Å². The number of nitrogens with zero attached hydrogens (tertiary/aromatic N) is 3. The summed E-state index contributed by atoms with van der Waals surface area (Å²) in [5, 5.41) is 17.4. The summed E-state index contributed by atoms with van der Waals surface area (Å²) in [5.74, 6) is 0. The first-order valence-corrected chi connectivity index (χ1v) is 6.79. The molecule has 1 aromatic rings. The molecule has 0 spiro atoms. The largest absolute Gasteiger partial charge is 0.244 e. The van der Waals surface area contributed by atoms with Gasteiger partial charge in [0, 0.05) is 6.54 Å². The lowest BCUT2D eigenvalue weighted by molar-refractivity contribution is 0.462. The normalized spacial score (nSPS) is 10.9. The minimum absolute atomic E-state index is 0.138. The second-order valence-corrected chi connectivity index (χ2v) is 5.59. The van der Waals surface area contributed by atoms with Crippen LogP contribution in [-0.2, 0) is 10.0 Å². The molecule has 0 heterocycles. The van der Waals surface area contributed by atoms with Gasteiger partial charge in [-0.1, -0.05) is 6.92 Å². The molecule has 0 amide bonds. The van der Waals surface area contributed by atoms with Crippen LogP contribution in [0.5, 0.6) is 0 Å². The summed E-state index contributed by atoms with van der Waals surface area (Å²) in [4.78, 5) is 0.138. The molecule has 5 nitrogen and oxygen atoms in total. The van der Waals surface area contributed by atoms with Crippen LogP contribution in [0.2, 0.25) is 0 Å². The first-order valence-electron chi connectivity index (χ1n) is 5.35. The Kier molecular flexibility index (Phi) is 4.43. The van der Waals surface area contributed by atoms with Crippen molar-refractivity contribution in [3.8, 4) is 12.1 Å². The summed E-state index contributed by atoms with van der Waals surface area (Å²) in [7, 11) is -3.67. The third kappa shape index (κ3) is 2.67. The molecule has 94 valence electrons. The highest BCUT2D eigenvalue weighted by molar-refractivity contribution is 7.89. The molecule has 0 aliphatic carbocycles. The van der Waals surface area contributed by atoms with Crippen molar-refractivity contribution in [3.63, 3.8) is 0 Å². The summed E-state index contributed by atoms with van der Waals surface area (Å²) in [6.45, 7) is 3.36. The number of rotatable bonds is 4. The summed E-state index contributed by atoms with van der Waals surface area (Å²) >= 11 is 0. The molecule has 0 atom stereocenters. The van der Waals surface area contributed by atoms with E-state index in [1.165, 1.54) is 18.2 Å². The van der Waals surface area contributed by atoms with Gasteiger partial charge in [0.1, 0.15) is 6.54 Å². The monoisotopic (exact) mass is 263 g/mol. The fourth-order valence-electron chi connectivity index (χ4n) is 1.59. The van der Waals surface area contributed by atoms with E-state index in [0.29, 0.717) is 11.1 Å². The number of nitriles is 2. The van der Waals surface area contributed by atoms with E-state index in [9.17, 15) is 8.42 Å². The second-order valence-electron chi connectivity index (χ2n) is 3.68. The van der Waals surface area contributed by atoms with Crippen LogP contribution < -0.4 is 0 Å². The van der Waals surface area contributed by atoms with Crippen molar-refractivity contribution >= 4 is 10.0 Å². The molecule has 1 aromatic carbocycles. The molecule has 0 unspecified atom stereocenters. The topological polar surface area (TPSA) is 85.0 Å². The number of benzene rings is 1. The first-order chi connectivity index (χ1) is 8.47. The molecule has 0 aromatic heterocycles. The Bertz CT molecular complexity index is 624. The lowest BCUT2D eigenvalue weighted by atomic mass is 10.2. The van der Waals surface area contributed by atoms with Crippen LogP contribution in [0.1, 0.15) is 18.1 Å². The summed E-state index contributed by atoms with van der Waals surface area (Å²) in [6.07, 6.45) is 0. The predicted molar refractivity (Wildman–Crippen MR) is 65.9 cm³/mol. The zero-order valence-electron chi connectivity index (χ0n) is 10.2. The van der Waals surface area contributed by atoms with Crippen LogP contribution in [0, 0.1) is 29.6 Å². The van der Waals surface area contributed by atoms with Gasteiger partial charge in [-0.3, -0.25) is 0 Å². The smallest absolute Gasteiger partial charge is 0.207 e. The molecule has 1 rings (SSSR count). The molecular formula is C12H13N3O2S. The van der Waals surface area contributed by atoms with Gasteiger partial charge in [-0.25, -0.2) is 8.42 Å². The van der Waals surface area contributed by atoms with Crippen molar-refractivity contribution < 1.29 is 8.42 Å². The Labute approximate surface area is 107 Å². The van der Waals surface area contributed by atoms with Crippen molar-refractivity contribution in [2.24, 2.45) is 0 Å². The summed E-state index contributed by atoms with van der Waals surface area (Å²) < 4.78 is 25.6.